The molecule has 0 radical (unpaired) electrons. The Balaban J connectivity index is 2.22. The number of rotatable bonds is 4. The standard InChI is InChI=1S/C16H17ClN2O2/c1-19(10-12-5-3-4-6-13(12)17)15-8-7-11(9-14(15)18)16(20)21-2/h3-9H,10,18H2,1-2H3. The molecule has 0 heterocycles. The Morgan fingerprint density at radius 1 is 1.29 bits per heavy atom. The van der Waals surface area contributed by atoms with Gasteiger partial charge in [-0.25, -0.2) is 4.79 Å². The van der Waals surface area contributed by atoms with Crippen molar-refractivity contribution in [3.8, 4) is 0 Å². The van der Waals surface area contributed by atoms with Crippen molar-refractivity contribution in [1.82, 2.24) is 0 Å². The molecule has 2 N–H and O–H groups in total. The van der Waals surface area contributed by atoms with Crippen LogP contribution in [0.25, 0.3) is 0 Å². The summed E-state index contributed by atoms with van der Waals surface area (Å²) in [5, 5.41) is 0.717. The van der Waals surface area contributed by atoms with Crippen LogP contribution in [-0.2, 0) is 11.3 Å². The molecular formula is C16H17ClN2O2. The van der Waals surface area contributed by atoms with Crippen LogP contribution in [0.5, 0.6) is 0 Å². The molecule has 110 valence electrons. The number of hydrogen-bond donors (Lipinski definition) is 1. The van der Waals surface area contributed by atoms with Crippen molar-refractivity contribution in [1.29, 1.82) is 0 Å². The normalized spacial score (nSPS) is 10.2. The van der Waals surface area contributed by atoms with Gasteiger partial charge in [-0.3, -0.25) is 0 Å². The summed E-state index contributed by atoms with van der Waals surface area (Å²) in [6, 6.07) is 12.8. The Bertz CT molecular complexity index is 658. The van der Waals surface area contributed by atoms with E-state index < -0.39 is 5.97 Å². The average molecular weight is 305 g/mol. The van der Waals surface area contributed by atoms with Crippen molar-refractivity contribution in [2.45, 2.75) is 6.54 Å². The maximum atomic E-state index is 11.5. The van der Waals surface area contributed by atoms with Crippen LogP contribution < -0.4 is 10.6 Å². The van der Waals surface area contributed by atoms with Crippen LogP contribution in [0.3, 0.4) is 0 Å². The number of ether oxygens (including phenoxy) is 1. The zero-order valence-corrected chi connectivity index (χ0v) is 12.7. The molecule has 2 aromatic carbocycles. The van der Waals surface area contributed by atoms with E-state index in [1.807, 2.05) is 36.2 Å². The van der Waals surface area contributed by atoms with Gasteiger partial charge in [0.1, 0.15) is 0 Å². The van der Waals surface area contributed by atoms with E-state index in [4.69, 9.17) is 17.3 Å². The second kappa shape index (κ2) is 6.50. The van der Waals surface area contributed by atoms with Gasteiger partial charge in [-0.15, -0.1) is 0 Å². The monoisotopic (exact) mass is 304 g/mol. The Kier molecular flexibility index (Phi) is 4.70. The first kappa shape index (κ1) is 15.2. The van der Waals surface area contributed by atoms with Crippen molar-refractivity contribution >= 4 is 28.9 Å². The average Bonchev–Trinajstić information content (AvgIpc) is 2.48. The highest BCUT2D eigenvalue weighted by Gasteiger charge is 2.12. The van der Waals surface area contributed by atoms with Gasteiger partial charge in [0.25, 0.3) is 0 Å². The molecule has 5 heteroatoms. The number of anilines is 2. The lowest BCUT2D eigenvalue weighted by atomic mass is 10.1. The number of nitrogens with two attached hydrogens (primary N) is 1. The van der Waals surface area contributed by atoms with E-state index in [9.17, 15) is 4.79 Å². The first-order valence-corrected chi connectivity index (χ1v) is 6.83. The summed E-state index contributed by atoms with van der Waals surface area (Å²) in [6.07, 6.45) is 0. The minimum atomic E-state index is -0.401. The van der Waals surface area contributed by atoms with Crippen LogP contribution in [0.2, 0.25) is 5.02 Å². The summed E-state index contributed by atoms with van der Waals surface area (Å²) < 4.78 is 4.68. The molecule has 0 aromatic heterocycles. The van der Waals surface area contributed by atoms with Crippen molar-refractivity contribution in [2.24, 2.45) is 0 Å². The van der Waals surface area contributed by atoms with E-state index in [0.717, 1.165) is 11.3 Å². The highest BCUT2D eigenvalue weighted by Crippen LogP contribution is 2.26. The Morgan fingerprint density at radius 3 is 2.62 bits per heavy atom. The zero-order chi connectivity index (χ0) is 15.4. The van der Waals surface area contributed by atoms with Gasteiger partial charge in [0.2, 0.25) is 0 Å². The Labute approximate surface area is 129 Å². The van der Waals surface area contributed by atoms with Gasteiger partial charge in [0.15, 0.2) is 0 Å². The molecule has 0 aliphatic rings. The quantitative estimate of drug-likeness (QED) is 0.695. The second-order valence-corrected chi connectivity index (χ2v) is 5.12. The van der Waals surface area contributed by atoms with E-state index in [-0.39, 0.29) is 0 Å². The van der Waals surface area contributed by atoms with Gasteiger partial charge in [0.05, 0.1) is 24.0 Å². The van der Waals surface area contributed by atoms with Gasteiger partial charge in [-0.1, -0.05) is 29.8 Å². The third-order valence-corrected chi connectivity index (χ3v) is 3.59. The fraction of sp³-hybridized carbons (Fsp3) is 0.188. The van der Waals surface area contributed by atoms with E-state index in [1.54, 1.807) is 18.2 Å². The summed E-state index contributed by atoms with van der Waals surface area (Å²) in [5.41, 5.74) is 8.83. The topological polar surface area (TPSA) is 55.6 Å². The number of nitrogens with zero attached hydrogens (tertiary/aromatic N) is 1. The van der Waals surface area contributed by atoms with E-state index in [1.165, 1.54) is 7.11 Å². The lowest BCUT2D eigenvalue weighted by molar-refractivity contribution is 0.0601. The third kappa shape index (κ3) is 3.47. The molecule has 2 aromatic rings. The third-order valence-electron chi connectivity index (χ3n) is 3.23. The van der Waals surface area contributed by atoms with E-state index >= 15 is 0 Å². The summed E-state index contributed by atoms with van der Waals surface area (Å²) in [6.45, 7) is 0.626. The molecule has 0 spiro atoms. The SMILES string of the molecule is COC(=O)c1ccc(N(C)Cc2ccccc2Cl)c(N)c1. The van der Waals surface area contributed by atoms with Crippen LogP contribution in [0.4, 0.5) is 11.4 Å². The number of hydrogen-bond acceptors (Lipinski definition) is 4. The molecule has 0 bridgehead atoms. The second-order valence-electron chi connectivity index (χ2n) is 4.71. The number of carbonyl (C=O) groups is 1. The summed E-state index contributed by atoms with van der Waals surface area (Å²) in [4.78, 5) is 13.5. The number of carbonyl (C=O) groups excluding carboxylic acids is 1. The van der Waals surface area contributed by atoms with Crippen molar-refractivity contribution in [3.05, 3.63) is 58.6 Å². The summed E-state index contributed by atoms with van der Waals surface area (Å²) >= 11 is 6.16. The molecule has 2 rings (SSSR count). The van der Waals surface area contributed by atoms with Crippen molar-refractivity contribution in [3.63, 3.8) is 0 Å². The molecular weight excluding hydrogens is 288 g/mol. The van der Waals surface area contributed by atoms with Crippen LogP contribution in [-0.4, -0.2) is 20.1 Å². The van der Waals surface area contributed by atoms with Gasteiger partial charge in [0, 0.05) is 18.6 Å². The van der Waals surface area contributed by atoms with Crippen LogP contribution >= 0.6 is 11.6 Å². The largest absolute Gasteiger partial charge is 0.465 e. The van der Waals surface area contributed by atoms with Crippen molar-refractivity contribution < 1.29 is 9.53 Å². The molecule has 4 nitrogen and oxygen atoms in total. The molecule has 0 saturated carbocycles. The zero-order valence-electron chi connectivity index (χ0n) is 12.0. The van der Waals surface area contributed by atoms with Crippen LogP contribution in [0.15, 0.2) is 42.5 Å². The molecule has 0 atom stereocenters. The highest BCUT2D eigenvalue weighted by atomic mass is 35.5. The fourth-order valence-corrected chi connectivity index (χ4v) is 2.31. The smallest absolute Gasteiger partial charge is 0.337 e. The lowest BCUT2D eigenvalue weighted by Gasteiger charge is -2.22. The lowest BCUT2D eigenvalue weighted by Crippen LogP contribution is -2.18. The molecule has 0 aliphatic carbocycles. The van der Waals surface area contributed by atoms with E-state index in [0.29, 0.717) is 22.8 Å². The van der Waals surface area contributed by atoms with E-state index in [2.05, 4.69) is 4.74 Å². The van der Waals surface area contributed by atoms with Crippen molar-refractivity contribution in [2.75, 3.05) is 24.8 Å². The van der Waals surface area contributed by atoms with Gasteiger partial charge in [-0.05, 0) is 29.8 Å². The van der Waals surface area contributed by atoms with Gasteiger partial charge >= 0.3 is 5.97 Å². The number of methoxy groups -OCH3 is 1. The predicted octanol–water partition coefficient (Wildman–Crippen LogP) is 3.35. The van der Waals surface area contributed by atoms with Crippen LogP contribution in [0.1, 0.15) is 15.9 Å². The molecule has 0 aliphatic heterocycles. The van der Waals surface area contributed by atoms with Crippen LogP contribution in [0, 0.1) is 0 Å². The Morgan fingerprint density at radius 2 is 2.00 bits per heavy atom. The number of nitrogen functional groups attached to an aromatic ring is 1. The van der Waals surface area contributed by atoms with Gasteiger partial charge in [-0.2, -0.15) is 0 Å². The molecule has 0 unspecified atom stereocenters. The molecule has 0 fully saturated rings. The first-order chi connectivity index (χ1) is 10.0. The maximum Gasteiger partial charge on any atom is 0.337 e. The summed E-state index contributed by atoms with van der Waals surface area (Å²) in [5.74, 6) is -0.401. The molecule has 0 saturated heterocycles. The minimum Gasteiger partial charge on any atom is -0.465 e. The van der Waals surface area contributed by atoms with Gasteiger partial charge < -0.3 is 15.4 Å². The maximum absolute atomic E-state index is 11.5. The predicted molar refractivity (Wildman–Crippen MR) is 85.8 cm³/mol. The molecule has 0 amide bonds. The number of benzene rings is 2. The number of esters is 1. The summed E-state index contributed by atoms with van der Waals surface area (Å²) in [7, 11) is 3.27. The first-order valence-electron chi connectivity index (χ1n) is 6.45. The minimum absolute atomic E-state index is 0.401. The fourth-order valence-electron chi connectivity index (χ4n) is 2.11. The number of halogens is 1. The highest BCUT2D eigenvalue weighted by molar-refractivity contribution is 6.31. The Hall–Kier alpha value is -2.20. The molecule has 21 heavy (non-hydrogen) atoms.